The summed E-state index contributed by atoms with van der Waals surface area (Å²) in [7, 11) is 3.45. The largest absolute Gasteiger partial charge is 0.496 e. The van der Waals surface area contributed by atoms with E-state index in [1.165, 1.54) is 6.20 Å². The van der Waals surface area contributed by atoms with Gasteiger partial charge in [0.15, 0.2) is 0 Å². The summed E-state index contributed by atoms with van der Waals surface area (Å²) in [5.74, 6) is 0.943. The minimum atomic E-state index is -0.240. The second kappa shape index (κ2) is 5.69. The number of amides is 1. The molecule has 0 saturated heterocycles. The Kier molecular flexibility index (Phi) is 3.73. The Hall–Kier alpha value is -2.53. The van der Waals surface area contributed by atoms with Crippen LogP contribution in [0.2, 0.25) is 5.02 Å². The first-order valence-electron chi connectivity index (χ1n) is 6.65. The van der Waals surface area contributed by atoms with Crippen LogP contribution in [0.5, 0.6) is 5.75 Å². The van der Waals surface area contributed by atoms with Gasteiger partial charge in [0, 0.05) is 18.6 Å². The molecule has 1 N–H and O–H groups in total. The number of halogens is 1. The predicted molar refractivity (Wildman–Crippen MR) is 86.7 cm³/mol. The van der Waals surface area contributed by atoms with Gasteiger partial charge < -0.3 is 14.6 Å². The molecular weight excluding hydrogens is 302 g/mol. The van der Waals surface area contributed by atoms with Crippen LogP contribution in [0.3, 0.4) is 0 Å². The number of carbonyl (C=O) groups excluding carboxylic acids is 1. The molecule has 2 aromatic heterocycles. The Morgan fingerprint density at radius 3 is 2.82 bits per heavy atom. The van der Waals surface area contributed by atoms with Crippen LogP contribution in [0.15, 0.2) is 42.6 Å². The lowest BCUT2D eigenvalue weighted by molar-refractivity contribution is 0.101. The van der Waals surface area contributed by atoms with Crippen LogP contribution in [0.25, 0.3) is 10.9 Å². The van der Waals surface area contributed by atoms with E-state index in [1.807, 2.05) is 29.8 Å². The summed E-state index contributed by atoms with van der Waals surface area (Å²) in [6, 6.07) is 10.8. The molecule has 0 atom stereocenters. The van der Waals surface area contributed by atoms with Crippen molar-refractivity contribution < 1.29 is 9.53 Å². The molecule has 0 saturated carbocycles. The van der Waals surface area contributed by atoms with Crippen LogP contribution < -0.4 is 10.1 Å². The number of pyridine rings is 1. The Labute approximate surface area is 132 Å². The average molecular weight is 316 g/mol. The Balaban J connectivity index is 1.97. The van der Waals surface area contributed by atoms with E-state index >= 15 is 0 Å². The standard InChI is InChI=1S/C16H14ClN3O2/c1-20-12-4-3-5-14(22-2)11(12)8-13(20)16(21)19-15-7-6-10(17)9-18-15/h3-9H,1-2H3,(H,18,19,21). The van der Waals surface area contributed by atoms with E-state index in [0.717, 1.165) is 16.7 Å². The molecule has 0 unspecified atom stereocenters. The van der Waals surface area contributed by atoms with E-state index in [0.29, 0.717) is 16.5 Å². The van der Waals surface area contributed by atoms with Crippen molar-refractivity contribution in [2.24, 2.45) is 7.05 Å². The lowest BCUT2D eigenvalue weighted by Crippen LogP contribution is -2.16. The maximum atomic E-state index is 12.4. The number of methoxy groups -OCH3 is 1. The van der Waals surface area contributed by atoms with E-state index in [9.17, 15) is 4.79 Å². The highest BCUT2D eigenvalue weighted by Crippen LogP contribution is 2.28. The molecule has 1 amide bonds. The summed E-state index contributed by atoms with van der Waals surface area (Å²) in [5.41, 5.74) is 1.45. The molecule has 0 fully saturated rings. The van der Waals surface area contributed by atoms with Crippen molar-refractivity contribution in [1.29, 1.82) is 0 Å². The third-order valence-corrected chi connectivity index (χ3v) is 3.69. The Morgan fingerprint density at radius 2 is 2.14 bits per heavy atom. The zero-order chi connectivity index (χ0) is 15.7. The van der Waals surface area contributed by atoms with Crippen molar-refractivity contribution in [2.45, 2.75) is 0 Å². The van der Waals surface area contributed by atoms with Gasteiger partial charge in [-0.05, 0) is 30.3 Å². The number of hydrogen-bond acceptors (Lipinski definition) is 3. The SMILES string of the molecule is COc1cccc2c1cc(C(=O)Nc1ccc(Cl)cn1)n2C. The number of anilines is 1. The van der Waals surface area contributed by atoms with Crippen molar-refractivity contribution in [3.63, 3.8) is 0 Å². The van der Waals surface area contributed by atoms with Crippen molar-refractivity contribution in [3.05, 3.63) is 53.3 Å². The lowest BCUT2D eigenvalue weighted by Gasteiger charge is -2.06. The number of hydrogen-bond donors (Lipinski definition) is 1. The molecule has 0 bridgehead atoms. The maximum Gasteiger partial charge on any atom is 0.273 e. The molecule has 0 aliphatic carbocycles. The summed E-state index contributed by atoms with van der Waals surface area (Å²) in [4.78, 5) is 16.5. The topological polar surface area (TPSA) is 56.1 Å². The minimum absolute atomic E-state index is 0.240. The Morgan fingerprint density at radius 1 is 1.32 bits per heavy atom. The van der Waals surface area contributed by atoms with Gasteiger partial charge in [-0.2, -0.15) is 0 Å². The molecule has 3 aromatic rings. The van der Waals surface area contributed by atoms with E-state index in [2.05, 4.69) is 10.3 Å². The number of carbonyl (C=O) groups is 1. The molecule has 22 heavy (non-hydrogen) atoms. The van der Waals surface area contributed by atoms with Crippen molar-refractivity contribution in [2.75, 3.05) is 12.4 Å². The molecule has 0 spiro atoms. The highest BCUT2D eigenvalue weighted by molar-refractivity contribution is 6.30. The molecule has 112 valence electrons. The monoisotopic (exact) mass is 315 g/mol. The number of fused-ring (bicyclic) bond motifs is 1. The molecule has 3 rings (SSSR count). The number of benzene rings is 1. The fourth-order valence-corrected chi connectivity index (χ4v) is 2.47. The van der Waals surface area contributed by atoms with Gasteiger partial charge in [0.1, 0.15) is 17.3 Å². The van der Waals surface area contributed by atoms with Crippen molar-refractivity contribution in [3.8, 4) is 5.75 Å². The van der Waals surface area contributed by atoms with Gasteiger partial charge in [-0.1, -0.05) is 17.7 Å². The molecule has 2 heterocycles. The summed E-state index contributed by atoms with van der Waals surface area (Å²) in [5, 5.41) is 4.17. The summed E-state index contributed by atoms with van der Waals surface area (Å²) in [6.07, 6.45) is 1.49. The van der Waals surface area contributed by atoms with Crippen LogP contribution in [0.4, 0.5) is 5.82 Å². The van der Waals surface area contributed by atoms with Gasteiger partial charge >= 0.3 is 0 Å². The van der Waals surface area contributed by atoms with Gasteiger partial charge in [-0.3, -0.25) is 4.79 Å². The first-order valence-corrected chi connectivity index (χ1v) is 7.03. The number of rotatable bonds is 3. The number of nitrogens with zero attached hydrogens (tertiary/aromatic N) is 2. The summed E-state index contributed by atoms with van der Waals surface area (Å²) < 4.78 is 7.16. The zero-order valence-electron chi connectivity index (χ0n) is 12.1. The fraction of sp³-hybridized carbons (Fsp3) is 0.125. The van der Waals surface area contributed by atoms with E-state index < -0.39 is 0 Å². The number of aryl methyl sites for hydroxylation is 1. The predicted octanol–water partition coefficient (Wildman–Crippen LogP) is 3.49. The molecule has 0 aliphatic heterocycles. The third kappa shape index (κ3) is 2.51. The fourth-order valence-electron chi connectivity index (χ4n) is 2.36. The highest BCUT2D eigenvalue weighted by atomic mass is 35.5. The highest BCUT2D eigenvalue weighted by Gasteiger charge is 2.16. The molecule has 6 heteroatoms. The smallest absolute Gasteiger partial charge is 0.273 e. The Bertz CT molecular complexity index is 840. The maximum absolute atomic E-state index is 12.4. The number of nitrogens with one attached hydrogen (secondary N) is 1. The van der Waals surface area contributed by atoms with E-state index in [1.54, 1.807) is 25.3 Å². The van der Waals surface area contributed by atoms with Crippen LogP contribution in [-0.2, 0) is 7.05 Å². The van der Waals surface area contributed by atoms with E-state index in [4.69, 9.17) is 16.3 Å². The summed E-state index contributed by atoms with van der Waals surface area (Å²) >= 11 is 5.78. The zero-order valence-corrected chi connectivity index (χ0v) is 12.9. The van der Waals surface area contributed by atoms with Crippen LogP contribution in [-0.4, -0.2) is 22.6 Å². The molecule has 0 radical (unpaired) electrons. The van der Waals surface area contributed by atoms with E-state index in [-0.39, 0.29) is 5.91 Å². The van der Waals surface area contributed by atoms with Crippen molar-refractivity contribution >= 4 is 34.2 Å². The van der Waals surface area contributed by atoms with Crippen LogP contribution in [0.1, 0.15) is 10.5 Å². The average Bonchev–Trinajstić information content (AvgIpc) is 2.87. The first kappa shape index (κ1) is 14.4. The van der Waals surface area contributed by atoms with Gasteiger partial charge in [-0.25, -0.2) is 4.98 Å². The van der Waals surface area contributed by atoms with Gasteiger partial charge in [0.2, 0.25) is 0 Å². The molecule has 5 nitrogen and oxygen atoms in total. The second-order valence-corrected chi connectivity index (χ2v) is 5.23. The van der Waals surface area contributed by atoms with Gasteiger partial charge in [-0.15, -0.1) is 0 Å². The quantitative estimate of drug-likeness (QED) is 0.805. The molecular formula is C16H14ClN3O2. The molecule has 1 aromatic carbocycles. The number of aromatic nitrogens is 2. The molecule has 0 aliphatic rings. The van der Waals surface area contributed by atoms with Gasteiger partial charge in [0.05, 0.1) is 17.6 Å². The third-order valence-electron chi connectivity index (χ3n) is 3.47. The second-order valence-electron chi connectivity index (χ2n) is 4.80. The number of ether oxygens (including phenoxy) is 1. The van der Waals surface area contributed by atoms with Gasteiger partial charge in [0.25, 0.3) is 5.91 Å². The normalized spacial score (nSPS) is 10.7. The minimum Gasteiger partial charge on any atom is -0.496 e. The van der Waals surface area contributed by atoms with Crippen LogP contribution in [0, 0.1) is 0 Å². The lowest BCUT2D eigenvalue weighted by atomic mass is 10.2. The van der Waals surface area contributed by atoms with Crippen molar-refractivity contribution in [1.82, 2.24) is 9.55 Å². The first-order chi connectivity index (χ1) is 10.6. The van der Waals surface area contributed by atoms with Crippen LogP contribution >= 0.6 is 11.6 Å². The summed E-state index contributed by atoms with van der Waals surface area (Å²) in [6.45, 7) is 0.